The topological polar surface area (TPSA) is 0 Å². The third-order valence-electron chi connectivity index (χ3n) is 11.1. The van der Waals surface area contributed by atoms with Gasteiger partial charge >= 0.3 is 0 Å². The molecule has 218 valence electrons. The van der Waals surface area contributed by atoms with Gasteiger partial charge in [0.1, 0.15) is 0 Å². The van der Waals surface area contributed by atoms with Gasteiger partial charge in [-0.05, 0) is 123 Å². The fraction of sp³-hybridized carbons (Fsp3) is 0.130. The summed E-state index contributed by atoms with van der Waals surface area (Å²) in [5.74, 6) is 0. The van der Waals surface area contributed by atoms with Crippen molar-refractivity contribution in [3.05, 3.63) is 156 Å². The average molecular weight is 590 g/mol. The second kappa shape index (κ2) is 8.74. The Kier molecular flexibility index (Phi) is 4.40. The van der Waals surface area contributed by atoms with Gasteiger partial charge in [-0.3, -0.25) is 0 Å². The first-order valence-electron chi connectivity index (χ1n) is 17.8. The summed E-state index contributed by atoms with van der Waals surface area (Å²) >= 11 is 0. The first-order valence-corrected chi connectivity index (χ1v) is 16.3. The van der Waals surface area contributed by atoms with Gasteiger partial charge in [0.25, 0.3) is 0 Å². The minimum absolute atomic E-state index is 0.212. The second-order valence-electron chi connectivity index (χ2n) is 14.0. The van der Waals surface area contributed by atoms with Crippen LogP contribution < -0.4 is 0 Å². The first kappa shape index (κ1) is 23.2. The molecule has 2 aliphatic carbocycles. The number of fused-ring (bicyclic) bond motifs is 5. The molecule has 0 nitrogen and oxygen atoms in total. The first-order chi connectivity index (χ1) is 23.6. The summed E-state index contributed by atoms with van der Waals surface area (Å²) in [4.78, 5) is 0. The fourth-order valence-electron chi connectivity index (χ4n) is 8.87. The molecule has 0 heterocycles. The van der Waals surface area contributed by atoms with E-state index in [0.717, 1.165) is 44.0 Å². The van der Waals surface area contributed by atoms with Crippen LogP contribution in [0.15, 0.2) is 133 Å². The molecule has 1 atom stereocenters. The summed E-state index contributed by atoms with van der Waals surface area (Å²) in [6.07, 6.45) is 0. The highest BCUT2D eigenvalue weighted by Gasteiger charge is 2.41. The maximum atomic E-state index is 9.16. The van der Waals surface area contributed by atoms with Crippen LogP contribution in [0.4, 0.5) is 0 Å². The normalized spacial score (nSPS) is 18.6. The highest BCUT2D eigenvalue weighted by atomic mass is 14.4. The van der Waals surface area contributed by atoms with Crippen LogP contribution in [0, 0.1) is 0 Å². The van der Waals surface area contributed by atoms with Crippen LogP contribution in [0.1, 0.15) is 54.0 Å². The lowest BCUT2D eigenvalue weighted by molar-refractivity contribution is 0.639. The standard InChI is InChI=1S/C46H34/c1-45(2)38-18-12-11-17-30(38)34-25-41-35(26-40(34)45)37-24-36-33(28-15-9-6-10-16-28)23-32(27-13-7-5-8-14-27)31-21-19-29-20-22-39(46(41,3)4)44(37)42(29)43(31)36/h5-26H,1-4H3/i3D3. The monoisotopic (exact) mass is 589 g/mol. The molecule has 0 N–H and O–H groups in total. The molecule has 0 spiro atoms. The summed E-state index contributed by atoms with van der Waals surface area (Å²) in [7, 11) is 0. The lowest BCUT2D eigenvalue weighted by Crippen LogP contribution is -2.25. The Labute approximate surface area is 274 Å². The van der Waals surface area contributed by atoms with Crippen molar-refractivity contribution in [2.45, 2.75) is 38.5 Å². The van der Waals surface area contributed by atoms with Crippen molar-refractivity contribution in [3.63, 3.8) is 0 Å². The van der Waals surface area contributed by atoms with Gasteiger partial charge in [0, 0.05) is 14.9 Å². The predicted octanol–water partition coefficient (Wildman–Crippen LogP) is 12.5. The summed E-state index contributed by atoms with van der Waals surface area (Å²) in [6, 6.07) is 48.0. The molecule has 1 unspecified atom stereocenters. The SMILES string of the molecule is [2H]C([2H])([2H])C1(C)c2cc3c(cc2-c2cc4c(-c5ccccc5)cc(-c5ccccc5)c5ccc6ccc1c2c6c54)C(C)(C)c1ccccc1-3. The molecule has 10 rings (SSSR count). The van der Waals surface area contributed by atoms with Crippen LogP contribution in [0.3, 0.4) is 0 Å². The molecule has 0 radical (unpaired) electrons. The minimum atomic E-state index is -2.28. The molecule has 0 amide bonds. The maximum absolute atomic E-state index is 9.16. The Bertz CT molecular complexity index is 2660. The van der Waals surface area contributed by atoms with E-state index in [0.29, 0.717) is 0 Å². The van der Waals surface area contributed by atoms with Crippen LogP contribution in [-0.2, 0) is 10.8 Å². The largest absolute Gasteiger partial charge is 0.0622 e. The van der Waals surface area contributed by atoms with E-state index in [1.54, 1.807) is 0 Å². The van der Waals surface area contributed by atoms with Crippen molar-refractivity contribution >= 4 is 32.3 Å². The van der Waals surface area contributed by atoms with E-state index in [2.05, 4.69) is 147 Å². The lowest BCUT2D eigenvalue weighted by Gasteiger charge is -2.37. The molecule has 8 aromatic rings. The zero-order valence-corrected chi connectivity index (χ0v) is 26.2. The molecule has 0 bridgehead atoms. The molecule has 2 aliphatic rings. The van der Waals surface area contributed by atoms with E-state index in [4.69, 9.17) is 4.11 Å². The van der Waals surface area contributed by atoms with Crippen molar-refractivity contribution in [2.24, 2.45) is 0 Å². The van der Waals surface area contributed by atoms with Crippen molar-refractivity contribution in [1.82, 2.24) is 0 Å². The number of hydrogen-bond acceptors (Lipinski definition) is 0. The Balaban J connectivity index is 1.42. The Morgan fingerprint density at radius 2 is 1.00 bits per heavy atom. The maximum Gasteiger partial charge on any atom is 0.0243 e. The van der Waals surface area contributed by atoms with Gasteiger partial charge in [-0.15, -0.1) is 0 Å². The molecule has 46 heavy (non-hydrogen) atoms. The molecule has 0 saturated carbocycles. The number of rotatable bonds is 2. The minimum Gasteiger partial charge on any atom is -0.0622 e. The third kappa shape index (κ3) is 3.19. The van der Waals surface area contributed by atoms with E-state index in [9.17, 15) is 0 Å². The summed E-state index contributed by atoms with van der Waals surface area (Å²) in [5.41, 5.74) is 12.1. The number of benzene rings is 8. The highest BCUT2D eigenvalue weighted by Crippen LogP contribution is 2.58. The van der Waals surface area contributed by atoms with Crippen molar-refractivity contribution in [1.29, 1.82) is 0 Å². The van der Waals surface area contributed by atoms with E-state index < -0.39 is 12.3 Å². The van der Waals surface area contributed by atoms with Crippen molar-refractivity contribution in [3.8, 4) is 44.5 Å². The van der Waals surface area contributed by atoms with Crippen molar-refractivity contribution < 1.29 is 4.11 Å². The molecular weight excluding hydrogens is 553 g/mol. The van der Waals surface area contributed by atoms with Gasteiger partial charge in [-0.2, -0.15) is 0 Å². The molecule has 0 heteroatoms. The van der Waals surface area contributed by atoms with Gasteiger partial charge in [0.05, 0.1) is 0 Å². The van der Waals surface area contributed by atoms with Crippen LogP contribution in [0.25, 0.3) is 76.8 Å². The predicted molar refractivity (Wildman–Crippen MR) is 196 cm³/mol. The zero-order valence-electron chi connectivity index (χ0n) is 29.2. The van der Waals surface area contributed by atoms with E-state index in [-0.39, 0.29) is 5.41 Å². The van der Waals surface area contributed by atoms with Gasteiger partial charge in [0.2, 0.25) is 0 Å². The molecule has 0 aromatic heterocycles. The van der Waals surface area contributed by atoms with Crippen LogP contribution >= 0.6 is 0 Å². The van der Waals surface area contributed by atoms with Crippen LogP contribution in [0.5, 0.6) is 0 Å². The summed E-state index contributed by atoms with van der Waals surface area (Å²) < 4.78 is 27.5. The smallest absolute Gasteiger partial charge is 0.0243 e. The Morgan fingerprint density at radius 1 is 0.391 bits per heavy atom. The van der Waals surface area contributed by atoms with Crippen LogP contribution in [0.2, 0.25) is 0 Å². The number of hydrogen-bond donors (Lipinski definition) is 0. The van der Waals surface area contributed by atoms with Crippen LogP contribution in [-0.4, -0.2) is 0 Å². The van der Waals surface area contributed by atoms with Gasteiger partial charge in [-0.1, -0.05) is 137 Å². The Morgan fingerprint density at radius 3 is 1.72 bits per heavy atom. The van der Waals surface area contributed by atoms with E-state index in [1.807, 2.05) is 6.92 Å². The van der Waals surface area contributed by atoms with Gasteiger partial charge in [-0.25, -0.2) is 0 Å². The molecule has 0 fully saturated rings. The lowest BCUT2D eigenvalue weighted by atomic mass is 9.66. The van der Waals surface area contributed by atoms with Gasteiger partial charge < -0.3 is 0 Å². The van der Waals surface area contributed by atoms with E-state index >= 15 is 0 Å². The molecular formula is C46H34. The Hall–Kier alpha value is -5.20. The fourth-order valence-corrected chi connectivity index (χ4v) is 8.87. The third-order valence-corrected chi connectivity index (χ3v) is 11.1. The van der Waals surface area contributed by atoms with Gasteiger partial charge in [0.15, 0.2) is 0 Å². The zero-order chi connectivity index (χ0) is 33.4. The summed E-state index contributed by atoms with van der Waals surface area (Å²) in [6.45, 7) is 4.27. The summed E-state index contributed by atoms with van der Waals surface area (Å²) in [5, 5.41) is 6.93. The highest BCUT2D eigenvalue weighted by molar-refractivity contribution is 6.32. The molecule has 0 saturated heterocycles. The van der Waals surface area contributed by atoms with E-state index in [1.165, 1.54) is 55.1 Å². The average Bonchev–Trinajstić information content (AvgIpc) is 3.34. The van der Waals surface area contributed by atoms with Crippen molar-refractivity contribution in [2.75, 3.05) is 0 Å². The second-order valence-corrected chi connectivity index (χ2v) is 14.0. The molecule has 0 aliphatic heterocycles. The molecule has 8 aromatic carbocycles. The quantitative estimate of drug-likeness (QED) is 0.176.